The summed E-state index contributed by atoms with van der Waals surface area (Å²) in [5, 5.41) is 12.1. The molecule has 10 heteroatoms. The quantitative estimate of drug-likeness (QED) is 0.363. The van der Waals surface area contributed by atoms with Gasteiger partial charge in [-0.2, -0.15) is 18.4 Å². The Kier molecular flexibility index (Phi) is 5.35. The molecular formula is C17H11BF3N3OS2. The third-order valence-corrected chi connectivity index (χ3v) is 5.39. The first kappa shape index (κ1) is 19.1. The van der Waals surface area contributed by atoms with Crippen molar-refractivity contribution in [2.45, 2.75) is 13.1 Å². The van der Waals surface area contributed by atoms with Gasteiger partial charge in [-0.05, 0) is 6.92 Å². The highest BCUT2D eigenvalue weighted by Crippen LogP contribution is 2.40. The van der Waals surface area contributed by atoms with Crippen molar-refractivity contribution in [1.82, 2.24) is 9.97 Å². The molecule has 0 spiro atoms. The standard InChI is InChI=1S/C17H11BF3N3OS2/c1-9-23-15(17(19,20)21)14(27-9)13(25-18)11(7-22)12-8-26-16(24-12)10-5-3-2-4-6-10/h2-6,8H,18H2,1H3/b13-11+. The van der Waals surface area contributed by atoms with Crippen LogP contribution in [0.1, 0.15) is 21.3 Å². The van der Waals surface area contributed by atoms with Gasteiger partial charge >= 0.3 is 14.2 Å². The number of allylic oxidation sites excluding steroid dienone is 1. The van der Waals surface area contributed by atoms with Crippen LogP contribution in [0.2, 0.25) is 0 Å². The Morgan fingerprint density at radius 2 is 1.93 bits per heavy atom. The van der Waals surface area contributed by atoms with Gasteiger partial charge in [0.15, 0.2) is 5.69 Å². The molecular weight excluding hydrogens is 394 g/mol. The van der Waals surface area contributed by atoms with Gasteiger partial charge in [0.2, 0.25) is 0 Å². The fourth-order valence-corrected chi connectivity index (χ4v) is 4.19. The number of hydrogen-bond donors (Lipinski definition) is 0. The zero-order chi connectivity index (χ0) is 19.6. The molecule has 3 rings (SSSR count). The van der Waals surface area contributed by atoms with Crippen molar-refractivity contribution in [3.8, 4) is 16.6 Å². The van der Waals surface area contributed by atoms with E-state index in [4.69, 9.17) is 4.65 Å². The molecule has 0 atom stereocenters. The molecule has 136 valence electrons. The van der Waals surface area contributed by atoms with Crippen LogP contribution in [0.5, 0.6) is 0 Å². The van der Waals surface area contributed by atoms with Crippen LogP contribution in [-0.4, -0.2) is 18.0 Å². The summed E-state index contributed by atoms with van der Waals surface area (Å²) in [5.41, 5.74) is -0.00908. The van der Waals surface area contributed by atoms with E-state index in [0.29, 0.717) is 5.01 Å². The molecule has 0 radical (unpaired) electrons. The van der Waals surface area contributed by atoms with Gasteiger partial charge in [-0.15, -0.1) is 22.7 Å². The Morgan fingerprint density at radius 3 is 2.52 bits per heavy atom. The maximum Gasteiger partial charge on any atom is 0.434 e. The Bertz CT molecular complexity index is 1040. The van der Waals surface area contributed by atoms with Crippen molar-refractivity contribution < 1.29 is 17.8 Å². The Balaban J connectivity index is 2.14. The number of nitrogens with zero attached hydrogens (tertiary/aromatic N) is 3. The molecule has 0 aliphatic heterocycles. The van der Waals surface area contributed by atoms with E-state index in [-0.39, 0.29) is 26.9 Å². The summed E-state index contributed by atoms with van der Waals surface area (Å²) in [6.45, 7) is 1.47. The third kappa shape index (κ3) is 3.89. The van der Waals surface area contributed by atoms with E-state index in [0.717, 1.165) is 16.9 Å². The van der Waals surface area contributed by atoms with E-state index in [1.54, 1.807) is 5.38 Å². The monoisotopic (exact) mass is 405 g/mol. The number of thiazole rings is 2. The number of aryl methyl sites for hydroxylation is 1. The van der Waals surface area contributed by atoms with E-state index in [2.05, 4.69) is 9.97 Å². The van der Waals surface area contributed by atoms with Crippen molar-refractivity contribution in [1.29, 1.82) is 5.26 Å². The third-order valence-electron chi connectivity index (χ3n) is 3.53. The number of alkyl halides is 3. The summed E-state index contributed by atoms with van der Waals surface area (Å²) >= 11 is 2.12. The Hall–Kier alpha value is -2.64. The predicted octanol–water partition coefficient (Wildman–Crippen LogP) is 4.55. The molecule has 0 saturated heterocycles. The van der Waals surface area contributed by atoms with Crippen molar-refractivity contribution in [2.24, 2.45) is 0 Å². The van der Waals surface area contributed by atoms with Crippen LogP contribution in [0.15, 0.2) is 35.7 Å². The molecule has 0 unspecified atom stereocenters. The number of halogens is 3. The molecule has 0 aliphatic carbocycles. The molecule has 0 bridgehead atoms. The van der Waals surface area contributed by atoms with E-state index >= 15 is 0 Å². The fraction of sp³-hybridized carbons (Fsp3) is 0.118. The number of rotatable bonds is 4. The molecule has 0 saturated carbocycles. The Morgan fingerprint density at radius 1 is 1.22 bits per heavy atom. The van der Waals surface area contributed by atoms with Crippen LogP contribution in [0, 0.1) is 18.3 Å². The van der Waals surface area contributed by atoms with E-state index in [9.17, 15) is 18.4 Å². The molecule has 2 heterocycles. The summed E-state index contributed by atoms with van der Waals surface area (Å²) in [6.07, 6.45) is -4.65. The average Bonchev–Trinajstić information content (AvgIpc) is 3.27. The highest BCUT2D eigenvalue weighted by Gasteiger charge is 2.39. The van der Waals surface area contributed by atoms with Gasteiger partial charge in [0, 0.05) is 10.9 Å². The first-order valence-corrected chi connectivity index (χ1v) is 9.29. The first-order valence-electron chi connectivity index (χ1n) is 7.59. The lowest BCUT2D eigenvalue weighted by Gasteiger charge is -2.11. The molecule has 4 nitrogen and oxygen atoms in total. The van der Waals surface area contributed by atoms with Gasteiger partial charge in [-0.1, -0.05) is 30.3 Å². The van der Waals surface area contributed by atoms with E-state index < -0.39 is 11.9 Å². The van der Waals surface area contributed by atoms with Gasteiger partial charge in [0.05, 0.1) is 10.7 Å². The van der Waals surface area contributed by atoms with Crippen LogP contribution in [0.4, 0.5) is 13.2 Å². The largest absolute Gasteiger partial charge is 0.566 e. The second kappa shape index (κ2) is 7.54. The van der Waals surface area contributed by atoms with Crippen LogP contribution in [0.25, 0.3) is 21.9 Å². The SMILES string of the molecule is BO/C(=C(\C#N)c1csc(-c2ccccc2)n1)c1sc(C)nc1C(F)(F)F. The lowest BCUT2D eigenvalue weighted by Crippen LogP contribution is -2.09. The molecule has 2 aromatic heterocycles. The first-order chi connectivity index (χ1) is 12.8. The second-order valence-electron chi connectivity index (χ2n) is 5.33. The maximum atomic E-state index is 13.3. The minimum atomic E-state index is -4.65. The molecule has 0 aliphatic rings. The van der Waals surface area contributed by atoms with E-state index in [1.165, 1.54) is 26.3 Å². The lowest BCUT2D eigenvalue weighted by atomic mass is 10.1. The number of aromatic nitrogens is 2. The minimum Gasteiger partial charge on any atom is -0.566 e. The van der Waals surface area contributed by atoms with Gasteiger partial charge in [-0.3, -0.25) is 0 Å². The van der Waals surface area contributed by atoms with Crippen LogP contribution >= 0.6 is 22.7 Å². The summed E-state index contributed by atoms with van der Waals surface area (Å²) in [6, 6.07) is 11.2. The molecule has 27 heavy (non-hydrogen) atoms. The smallest absolute Gasteiger partial charge is 0.434 e. The summed E-state index contributed by atoms with van der Waals surface area (Å²) in [5.74, 6) is -0.180. The van der Waals surface area contributed by atoms with Crippen molar-refractivity contribution in [3.05, 3.63) is 57.0 Å². The van der Waals surface area contributed by atoms with E-state index in [1.807, 2.05) is 36.4 Å². The van der Waals surface area contributed by atoms with Gasteiger partial charge in [0.25, 0.3) is 0 Å². The average molecular weight is 405 g/mol. The highest BCUT2D eigenvalue weighted by atomic mass is 32.1. The minimum absolute atomic E-state index is 0.0647. The van der Waals surface area contributed by atoms with Crippen molar-refractivity contribution >= 4 is 42.1 Å². The van der Waals surface area contributed by atoms with Gasteiger partial charge in [0.1, 0.15) is 27.3 Å². The van der Waals surface area contributed by atoms with Gasteiger partial charge < -0.3 is 4.65 Å². The molecule has 3 aromatic rings. The molecule has 0 amide bonds. The van der Waals surface area contributed by atoms with Crippen LogP contribution in [0.3, 0.4) is 0 Å². The normalized spacial score (nSPS) is 12.4. The lowest BCUT2D eigenvalue weighted by molar-refractivity contribution is -0.141. The Labute approximate surface area is 162 Å². The molecule has 1 aromatic carbocycles. The molecule has 0 fully saturated rings. The molecule has 0 N–H and O–H groups in total. The number of benzene rings is 1. The number of nitriles is 1. The predicted molar refractivity (Wildman–Crippen MR) is 101 cm³/mol. The topological polar surface area (TPSA) is 58.8 Å². The highest BCUT2D eigenvalue weighted by molar-refractivity contribution is 7.13. The fourth-order valence-electron chi connectivity index (χ4n) is 2.41. The van der Waals surface area contributed by atoms with Crippen molar-refractivity contribution in [2.75, 3.05) is 0 Å². The summed E-state index contributed by atoms with van der Waals surface area (Å²) in [4.78, 5) is 7.74. The maximum absolute atomic E-state index is 13.3. The zero-order valence-corrected chi connectivity index (χ0v) is 15.8. The second-order valence-corrected chi connectivity index (χ2v) is 7.39. The zero-order valence-electron chi connectivity index (χ0n) is 14.2. The number of hydrogen-bond acceptors (Lipinski definition) is 6. The van der Waals surface area contributed by atoms with Crippen LogP contribution in [-0.2, 0) is 10.8 Å². The summed E-state index contributed by atoms with van der Waals surface area (Å²) in [7, 11) is 1.23. The summed E-state index contributed by atoms with van der Waals surface area (Å²) < 4.78 is 45.2. The van der Waals surface area contributed by atoms with Crippen molar-refractivity contribution in [3.63, 3.8) is 0 Å². The van der Waals surface area contributed by atoms with Gasteiger partial charge in [-0.25, -0.2) is 9.97 Å². The van der Waals surface area contributed by atoms with Crippen LogP contribution < -0.4 is 0 Å².